The highest BCUT2D eigenvalue weighted by atomic mass is 79.9. The molecule has 1 heterocycles. The number of aromatic carboxylic acids is 1. The van der Waals surface area contributed by atoms with E-state index in [-0.39, 0.29) is 5.76 Å². The molecule has 0 atom stereocenters. The zero-order chi connectivity index (χ0) is 11.0. The third-order valence-electron chi connectivity index (χ3n) is 2.03. The Labute approximate surface area is 93.6 Å². The van der Waals surface area contributed by atoms with Gasteiger partial charge < -0.3 is 14.3 Å². The second kappa shape index (κ2) is 3.58. The topological polar surface area (TPSA) is 59.7 Å². The van der Waals surface area contributed by atoms with Gasteiger partial charge in [0.2, 0.25) is 5.76 Å². The van der Waals surface area contributed by atoms with Crippen LogP contribution in [0, 0.1) is 0 Å². The summed E-state index contributed by atoms with van der Waals surface area (Å²) in [7, 11) is 1.52. The van der Waals surface area contributed by atoms with E-state index in [9.17, 15) is 4.79 Å². The van der Waals surface area contributed by atoms with Crippen molar-refractivity contribution in [3.05, 3.63) is 28.4 Å². The van der Waals surface area contributed by atoms with Gasteiger partial charge in [-0.2, -0.15) is 0 Å². The van der Waals surface area contributed by atoms with Gasteiger partial charge in [0.15, 0.2) is 5.58 Å². The summed E-state index contributed by atoms with van der Waals surface area (Å²) in [6.45, 7) is 0. The van der Waals surface area contributed by atoms with Crippen LogP contribution in [-0.4, -0.2) is 18.2 Å². The minimum atomic E-state index is -1.10. The molecule has 2 aromatic rings. The van der Waals surface area contributed by atoms with Gasteiger partial charge in [-0.3, -0.25) is 0 Å². The van der Waals surface area contributed by atoms with Crippen LogP contribution in [0.25, 0.3) is 11.0 Å². The second-order valence-electron chi connectivity index (χ2n) is 2.91. The molecule has 15 heavy (non-hydrogen) atoms. The number of carbonyl (C=O) groups is 1. The first-order valence-corrected chi connectivity index (χ1v) is 4.92. The summed E-state index contributed by atoms with van der Waals surface area (Å²) in [4.78, 5) is 10.7. The maximum absolute atomic E-state index is 10.7. The molecule has 1 aromatic heterocycles. The Morgan fingerprint density at radius 2 is 2.27 bits per heavy atom. The van der Waals surface area contributed by atoms with Crippen LogP contribution in [0.15, 0.2) is 27.1 Å². The maximum Gasteiger partial charge on any atom is 0.371 e. The second-order valence-corrected chi connectivity index (χ2v) is 3.76. The molecule has 0 fully saturated rings. The fourth-order valence-electron chi connectivity index (χ4n) is 1.35. The fraction of sp³-hybridized carbons (Fsp3) is 0.100. The molecule has 4 nitrogen and oxygen atoms in total. The van der Waals surface area contributed by atoms with Crippen molar-refractivity contribution < 1.29 is 19.1 Å². The molecular formula is C10H7BrO4. The summed E-state index contributed by atoms with van der Waals surface area (Å²) in [6.07, 6.45) is 0. The lowest BCUT2D eigenvalue weighted by Crippen LogP contribution is -1.91. The molecule has 78 valence electrons. The van der Waals surface area contributed by atoms with E-state index in [0.717, 1.165) is 0 Å². The van der Waals surface area contributed by atoms with Gasteiger partial charge in [0.05, 0.1) is 17.0 Å². The van der Waals surface area contributed by atoms with Crippen molar-refractivity contribution in [1.82, 2.24) is 0 Å². The molecule has 1 aromatic carbocycles. The molecule has 0 aliphatic heterocycles. The Morgan fingerprint density at radius 1 is 1.53 bits per heavy atom. The van der Waals surface area contributed by atoms with Gasteiger partial charge in [-0.05, 0) is 28.1 Å². The zero-order valence-corrected chi connectivity index (χ0v) is 9.37. The SMILES string of the molecule is COc1ccc(Br)c2oc(C(=O)O)cc12. The third-order valence-corrected chi connectivity index (χ3v) is 2.65. The summed E-state index contributed by atoms with van der Waals surface area (Å²) >= 11 is 3.28. The Morgan fingerprint density at radius 3 is 2.87 bits per heavy atom. The number of carboxylic acids is 1. The van der Waals surface area contributed by atoms with E-state index in [0.29, 0.717) is 21.2 Å². The lowest BCUT2D eigenvalue weighted by Gasteiger charge is -2.00. The number of rotatable bonds is 2. The maximum atomic E-state index is 10.7. The van der Waals surface area contributed by atoms with Gasteiger partial charge in [0.25, 0.3) is 0 Å². The highest BCUT2D eigenvalue weighted by Gasteiger charge is 2.15. The van der Waals surface area contributed by atoms with E-state index in [1.54, 1.807) is 12.1 Å². The first-order valence-electron chi connectivity index (χ1n) is 4.13. The lowest BCUT2D eigenvalue weighted by molar-refractivity contribution is 0.0665. The average Bonchev–Trinajstić information content (AvgIpc) is 2.64. The standard InChI is InChI=1S/C10H7BrO4/c1-14-7-3-2-6(11)9-5(7)4-8(15-9)10(12)13/h2-4H,1H3,(H,12,13). The number of ether oxygens (including phenoxy) is 1. The molecule has 0 saturated carbocycles. The van der Waals surface area contributed by atoms with Gasteiger partial charge in [0, 0.05) is 6.07 Å². The monoisotopic (exact) mass is 270 g/mol. The highest BCUT2D eigenvalue weighted by Crippen LogP contribution is 2.34. The minimum Gasteiger partial charge on any atom is -0.496 e. The molecule has 0 radical (unpaired) electrons. The van der Waals surface area contributed by atoms with Gasteiger partial charge in [-0.1, -0.05) is 0 Å². The number of fused-ring (bicyclic) bond motifs is 1. The molecule has 0 aliphatic carbocycles. The van der Waals surface area contributed by atoms with E-state index >= 15 is 0 Å². The van der Waals surface area contributed by atoms with Gasteiger partial charge in [-0.15, -0.1) is 0 Å². The molecular weight excluding hydrogens is 264 g/mol. The summed E-state index contributed by atoms with van der Waals surface area (Å²) in [5, 5.41) is 9.43. The number of halogens is 1. The van der Waals surface area contributed by atoms with Crippen LogP contribution < -0.4 is 4.74 Å². The highest BCUT2D eigenvalue weighted by molar-refractivity contribution is 9.10. The molecule has 1 N–H and O–H groups in total. The normalized spacial score (nSPS) is 10.5. The predicted molar refractivity (Wildman–Crippen MR) is 57.4 cm³/mol. The van der Waals surface area contributed by atoms with Crippen molar-refractivity contribution in [2.75, 3.05) is 7.11 Å². The molecule has 0 amide bonds. The largest absolute Gasteiger partial charge is 0.496 e. The molecule has 5 heteroatoms. The molecule has 0 aliphatic rings. The number of hydrogen-bond donors (Lipinski definition) is 1. The number of benzene rings is 1. The number of hydrogen-bond acceptors (Lipinski definition) is 3. The first kappa shape index (κ1) is 10.0. The van der Waals surface area contributed by atoms with Crippen molar-refractivity contribution >= 4 is 32.9 Å². The quantitative estimate of drug-likeness (QED) is 0.912. The van der Waals surface area contributed by atoms with E-state index < -0.39 is 5.97 Å². The fourth-order valence-corrected chi connectivity index (χ4v) is 1.78. The zero-order valence-electron chi connectivity index (χ0n) is 7.78. The number of methoxy groups -OCH3 is 1. The Balaban J connectivity index is 2.77. The van der Waals surface area contributed by atoms with E-state index in [2.05, 4.69) is 15.9 Å². The molecule has 2 rings (SSSR count). The van der Waals surface area contributed by atoms with Crippen LogP contribution in [0.2, 0.25) is 0 Å². The van der Waals surface area contributed by atoms with Gasteiger partial charge >= 0.3 is 5.97 Å². The van der Waals surface area contributed by atoms with E-state index in [1.807, 2.05) is 0 Å². The minimum absolute atomic E-state index is 0.102. The molecule has 0 spiro atoms. The van der Waals surface area contributed by atoms with Gasteiger partial charge in [0.1, 0.15) is 5.75 Å². The summed E-state index contributed by atoms with van der Waals surface area (Å²) in [5.74, 6) is -0.611. The Kier molecular flexibility index (Phi) is 2.40. The average molecular weight is 271 g/mol. The third kappa shape index (κ3) is 1.59. The van der Waals surface area contributed by atoms with Gasteiger partial charge in [-0.25, -0.2) is 4.79 Å². The number of furan rings is 1. The lowest BCUT2D eigenvalue weighted by atomic mass is 10.2. The van der Waals surface area contributed by atoms with Crippen LogP contribution in [0.4, 0.5) is 0 Å². The van der Waals surface area contributed by atoms with Crippen LogP contribution in [-0.2, 0) is 0 Å². The first-order chi connectivity index (χ1) is 7.13. The predicted octanol–water partition coefficient (Wildman–Crippen LogP) is 2.90. The summed E-state index contributed by atoms with van der Waals surface area (Å²) < 4.78 is 11.0. The van der Waals surface area contributed by atoms with Crippen LogP contribution in [0.1, 0.15) is 10.6 Å². The summed E-state index contributed by atoms with van der Waals surface area (Å²) in [6, 6.07) is 4.94. The molecule has 0 unspecified atom stereocenters. The van der Waals surface area contributed by atoms with Crippen molar-refractivity contribution in [2.45, 2.75) is 0 Å². The van der Waals surface area contributed by atoms with E-state index in [4.69, 9.17) is 14.3 Å². The molecule has 0 saturated heterocycles. The molecule has 0 bridgehead atoms. The summed E-state index contributed by atoms with van der Waals surface area (Å²) in [5.41, 5.74) is 0.478. The van der Waals surface area contributed by atoms with Crippen LogP contribution in [0.5, 0.6) is 5.75 Å². The van der Waals surface area contributed by atoms with Crippen LogP contribution >= 0.6 is 15.9 Å². The Hall–Kier alpha value is -1.49. The van der Waals surface area contributed by atoms with Crippen molar-refractivity contribution in [2.24, 2.45) is 0 Å². The van der Waals surface area contributed by atoms with Crippen LogP contribution in [0.3, 0.4) is 0 Å². The van der Waals surface area contributed by atoms with Crippen molar-refractivity contribution in [3.8, 4) is 5.75 Å². The van der Waals surface area contributed by atoms with Crippen molar-refractivity contribution in [1.29, 1.82) is 0 Å². The Bertz CT molecular complexity index is 529. The van der Waals surface area contributed by atoms with E-state index in [1.165, 1.54) is 13.2 Å². The number of carboxylic acid groups (broad SMARTS) is 1. The van der Waals surface area contributed by atoms with Crippen molar-refractivity contribution in [3.63, 3.8) is 0 Å². The smallest absolute Gasteiger partial charge is 0.371 e.